The lowest BCUT2D eigenvalue weighted by Gasteiger charge is -2.18. The molecule has 104 valence electrons. The van der Waals surface area contributed by atoms with Crippen LogP contribution >= 0.6 is 0 Å². The van der Waals surface area contributed by atoms with Gasteiger partial charge in [0, 0.05) is 25.8 Å². The maximum atomic E-state index is 12.1. The van der Waals surface area contributed by atoms with Gasteiger partial charge >= 0.3 is 0 Å². The minimum Gasteiger partial charge on any atom is -0.496 e. The van der Waals surface area contributed by atoms with Gasteiger partial charge in [-0.3, -0.25) is 9.59 Å². The largest absolute Gasteiger partial charge is 0.496 e. The van der Waals surface area contributed by atoms with Gasteiger partial charge in [0.25, 0.3) is 5.91 Å². The maximum Gasteiger partial charge on any atom is 0.255 e. The summed E-state index contributed by atoms with van der Waals surface area (Å²) in [4.78, 5) is 25.2. The van der Waals surface area contributed by atoms with E-state index < -0.39 is 6.04 Å². The molecule has 0 heterocycles. The Balaban J connectivity index is 2.87. The Morgan fingerprint density at radius 2 is 2.00 bits per heavy atom. The van der Waals surface area contributed by atoms with Crippen LogP contribution in [0.3, 0.4) is 0 Å². The van der Waals surface area contributed by atoms with E-state index in [0.717, 1.165) is 0 Å². The Hall–Kier alpha value is -2.24. The van der Waals surface area contributed by atoms with Crippen molar-refractivity contribution in [2.24, 2.45) is 0 Å². The first kappa shape index (κ1) is 14.8. The lowest BCUT2D eigenvalue weighted by Crippen LogP contribution is -2.44. The van der Waals surface area contributed by atoms with E-state index >= 15 is 0 Å². The molecule has 0 bridgehead atoms. The highest BCUT2D eigenvalue weighted by Crippen LogP contribution is 2.21. The van der Waals surface area contributed by atoms with Crippen LogP contribution in [0.4, 0.5) is 5.69 Å². The molecular formula is C13H19N3O3. The van der Waals surface area contributed by atoms with E-state index in [4.69, 9.17) is 10.5 Å². The van der Waals surface area contributed by atoms with Crippen LogP contribution < -0.4 is 15.8 Å². The first-order valence-electron chi connectivity index (χ1n) is 5.82. The number of carbonyl (C=O) groups excluding carboxylic acids is 2. The number of benzene rings is 1. The monoisotopic (exact) mass is 265 g/mol. The van der Waals surface area contributed by atoms with Crippen LogP contribution in [0, 0.1) is 0 Å². The quantitative estimate of drug-likeness (QED) is 0.776. The van der Waals surface area contributed by atoms with E-state index in [2.05, 4.69) is 5.32 Å². The van der Waals surface area contributed by atoms with E-state index in [1.165, 1.54) is 12.0 Å². The first-order chi connectivity index (χ1) is 8.86. The van der Waals surface area contributed by atoms with Gasteiger partial charge < -0.3 is 20.7 Å². The molecule has 0 radical (unpaired) electrons. The fourth-order valence-corrected chi connectivity index (χ4v) is 1.62. The average Bonchev–Trinajstić information content (AvgIpc) is 2.36. The average molecular weight is 265 g/mol. The summed E-state index contributed by atoms with van der Waals surface area (Å²) in [5, 5.41) is 2.62. The third kappa shape index (κ3) is 3.61. The molecular weight excluding hydrogens is 246 g/mol. The van der Waals surface area contributed by atoms with E-state index in [-0.39, 0.29) is 11.8 Å². The van der Waals surface area contributed by atoms with E-state index in [9.17, 15) is 9.59 Å². The molecule has 0 spiro atoms. The zero-order valence-corrected chi connectivity index (χ0v) is 11.6. The van der Waals surface area contributed by atoms with Crippen LogP contribution in [0.25, 0.3) is 0 Å². The number of nitrogen functional groups attached to an aromatic ring is 1. The zero-order chi connectivity index (χ0) is 14.6. The number of methoxy groups -OCH3 is 1. The van der Waals surface area contributed by atoms with Crippen molar-refractivity contribution < 1.29 is 14.3 Å². The third-order valence-corrected chi connectivity index (χ3v) is 2.63. The topological polar surface area (TPSA) is 84.7 Å². The number of likely N-dealkylation sites (N-methyl/N-ethyl adjacent to an activating group) is 1. The smallest absolute Gasteiger partial charge is 0.255 e. The molecule has 3 N–H and O–H groups in total. The normalized spacial score (nSPS) is 11.6. The molecule has 0 aliphatic carbocycles. The summed E-state index contributed by atoms with van der Waals surface area (Å²) in [5.41, 5.74) is 6.47. The van der Waals surface area contributed by atoms with Gasteiger partial charge in [-0.2, -0.15) is 0 Å². The molecule has 1 atom stereocenters. The van der Waals surface area contributed by atoms with E-state index in [0.29, 0.717) is 17.0 Å². The fraction of sp³-hybridized carbons (Fsp3) is 0.385. The summed E-state index contributed by atoms with van der Waals surface area (Å²) in [6, 6.07) is 4.13. The number of hydrogen-bond donors (Lipinski definition) is 2. The van der Waals surface area contributed by atoms with Crippen LogP contribution in [0.15, 0.2) is 18.2 Å². The predicted octanol–water partition coefficient (Wildman–Crippen LogP) is 0.484. The Morgan fingerprint density at radius 3 is 2.53 bits per heavy atom. The molecule has 0 fully saturated rings. The number of nitrogens with two attached hydrogens (primary N) is 1. The van der Waals surface area contributed by atoms with E-state index in [1.807, 2.05) is 0 Å². The highest BCUT2D eigenvalue weighted by molar-refractivity contribution is 5.99. The molecule has 0 saturated carbocycles. The number of anilines is 1. The molecule has 0 aliphatic heterocycles. The lowest BCUT2D eigenvalue weighted by atomic mass is 10.1. The van der Waals surface area contributed by atoms with Gasteiger partial charge in [-0.05, 0) is 19.1 Å². The molecule has 1 aromatic rings. The highest BCUT2D eigenvalue weighted by atomic mass is 16.5. The van der Waals surface area contributed by atoms with Gasteiger partial charge in [-0.1, -0.05) is 0 Å². The minimum atomic E-state index is -0.607. The van der Waals surface area contributed by atoms with Crippen LogP contribution in [0.5, 0.6) is 5.75 Å². The molecule has 6 nitrogen and oxygen atoms in total. The van der Waals surface area contributed by atoms with Crippen molar-refractivity contribution in [3.05, 3.63) is 23.8 Å². The van der Waals surface area contributed by atoms with Crippen molar-refractivity contribution in [1.29, 1.82) is 0 Å². The van der Waals surface area contributed by atoms with Gasteiger partial charge in [0.1, 0.15) is 11.8 Å². The van der Waals surface area contributed by atoms with Gasteiger partial charge in [0.2, 0.25) is 5.91 Å². The number of rotatable bonds is 4. The Kier molecular flexibility index (Phi) is 4.74. The summed E-state index contributed by atoms with van der Waals surface area (Å²) in [5.74, 6) is -0.177. The van der Waals surface area contributed by atoms with Crippen molar-refractivity contribution in [3.8, 4) is 5.75 Å². The fourth-order valence-electron chi connectivity index (χ4n) is 1.62. The number of ether oxygens (including phenoxy) is 1. The van der Waals surface area contributed by atoms with Crippen molar-refractivity contribution >= 4 is 17.5 Å². The summed E-state index contributed by atoms with van der Waals surface area (Å²) in [6.07, 6.45) is 0. The molecule has 1 aromatic carbocycles. The van der Waals surface area contributed by atoms with Crippen molar-refractivity contribution in [2.45, 2.75) is 13.0 Å². The number of nitrogens with zero attached hydrogens (tertiary/aromatic N) is 1. The molecule has 0 aliphatic rings. The molecule has 1 unspecified atom stereocenters. The van der Waals surface area contributed by atoms with E-state index in [1.54, 1.807) is 39.2 Å². The van der Waals surface area contributed by atoms with Crippen LogP contribution in [0.2, 0.25) is 0 Å². The SMILES string of the molecule is COc1cc(N)ccc1C(=O)NC(C)C(=O)N(C)C. The lowest BCUT2D eigenvalue weighted by molar-refractivity contribution is -0.130. The van der Waals surface area contributed by atoms with Crippen LogP contribution in [0.1, 0.15) is 17.3 Å². The standard InChI is InChI=1S/C13H19N3O3/c1-8(13(18)16(2)3)15-12(17)10-6-5-9(14)7-11(10)19-4/h5-8H,14H2,1-4H3,(H,15,17). The van der Waals surface area contributed by atoms with Crippen LogP contribution in [-0.2, 0) is 4.79 Å². The number of hydrogen-bond acceptors (Lipinski definition) is 4. The number of nitrogens with one attached hydrogen (secondary N) is 1. The van der Waals surface area contributed by atoms with Gasteiger partial charge in [-0.25, -0.2) is 0 Å². The summed E-state index contributed by atoms with van der Waals surface area (Å²) in [7, 11) is 4.73. The Bertz CT molecular complexity index is 486. The summed E-state index contributed by atoms with van der Waals surface area (Å²) < 4.78 is 5.10. The summed E-state index contributed by atoms with van der Waals surface area (Å²) in [6.45, 7) is 1.63. The minimum absolute atomic E-state index is 0.178. The second-order valence-electron chi connectivity index (χ2n) is 4.39. The number of amides is 2. The Labute approximate surface area is 112 Å². The van der Waals surface area contributed by atoms with Crippen molar-refractivity contribution in [2.75, 3.05) is 26.9 Å². The second-order valence-corrected chi connectivity index (χ2v) is 4.39. The molecule has 1 rings (SSSR count). The molecule has 6 heteroatoms. The van der Waals surface area contributed by atoms with Crippen molar-refractivity contribution in [1.82, 2.24) is 10.2 Å². The van der Waals surface area contributed by atoms with Crippen molar-refractivity contribution in [3.63, 3.8) is 0 Å². The van der Waals surface area contributed by atoms with Crippen LogP contribution in [-0.4, -0.2) is 44.0 Å². The van der Waals surface area contributed by atoms with Gasteiger partial charge in [0.05, 0.1) is 12.7 Å². The molecule has 0 saturated heterocycles. The molecule has 19 heavy (non-hydrogen) atoms. The molecule has 2 amide bonds. The van der Waals surface area contributed by atoms with Gasteiger partial charge in [-0.15, -0.1) is 0 Å². The number of carbonyl (C=O) groups is 2. The predicted molar refractivity (Wildman–Crippen MR) is 73.0 cm³/mol. The zero-order valence-electron chi connectivity index (χ0n) is 11.6. The van der Waals surface area contributed by atoms with Gasteiger partial charge in [0.15, 0.2) is 0 Å². The summed E-state index contributed by atoms with van der Waals surface area (Å²) >= 11 is 0. The second kappa shape index (κ2) is 6.08. The molecule has 0 aromatic heterocycles. The first-order valence-corrected chi connectivity index (χ1v) is 5.82. The maximum absolute atomic E-state index is 12.1. The highest BCUT2D eigenvalue weighted by Gasteiger charge is 2.20. The Morgan fingerprint density at radius 1 is 1.37 bits per heavy atom. The third-order valence-electron chi connectivity index (χ3n) is 2.63.